The fourth-order valence-corrected chi connectivity index (χ4v) is 2.83. The molecule has 0 radical (unpaired) electrons. The summed E-state index contributed by atoms with van der Waals surface area (Å²) < 4.78 is 13.8. The summed E-state index contributed by atoms with van der Waals surface area (Å²) in [5, 5.41) is 3.34. The summed E-state index contributed by atoms with van der Waals surface area (Å²) in [7, 11) is 1.96. The van der Waals surface area contributed by atoms with Crippen LogP contribution in [0.2, 0.25) is 0 Å². The second-order valence-electron chi connectivity index (χ2n) is 5.62. The second-order valence-corrected chi connectivity index (χ2v) is 6.47. The summed E-state index contributed by atoms with van der Waals surface area (Å²) >= 11 is 3.24. The van der Waals surface area contributed by atoms with Crippen molar-refractivity contribution < 1.29 is 4.39 Å². The maximum Gasteiger partial charge on any atom is 0.137 e. The summed E-state index contributed by atoms with van der Waals surface area (Å²) in [6.45, 7) is 4.39. The van der Waals surface area contributed by atoms with Crippen molar-refractivity contribution in [3.8, 4) is 0 Å². The lowest BCUT2D eigenvalue weighted by Gasteiger charge is -2.18. The Morgan fingerprint density at radius 3 is 2.19 bits per heavy atom. The number of benzene rings is 2. The van der Waals surface area contributed by atoms with Crippen LogP contribution in [-0.2, 0) is 6.42 Å². The molecule has 0 spiro atoms. The van der Waals surface area contributed by atoms with Crippen molar-refractivity contribution >= 4 is 15.9 Å². The highest BCUT2D eigenvalue weighted by Gasteiger charge is 2.11. The van der Waals surface area contributed by atoms with Crippen LogP contribution in [0.3, 0.4) is 0 Å². The largest absolute Gasteiger partial charge is 0.313 e. The maximum atomic E-state index is 13.3. The molecule has 1 nitrogen and oxygen atoms in total. The molecule has 0 fully saturated rings. The predicted octanol–water partition coefficient (Wildman–Crippen LogP) is 5.21. The lowest BCUT2D eigenvalue weighted by molar-refractivity contribution is 0.587. The first-order valence-electron chi connectivity index (χ1n) is 7.22. The molecule has 2 aromatic carbocycles. The van der Waals surface area contributed by atoms with E-state index in [2.05, 4.69) is 59.4 Å². The van der Waals surface area contributed by atoms with E-state index in [4.69, 9.17) is 0 Å². The lowest BCUT2D eigenvalue weighted by atomic mass is 9.95. The molecule has 0 aromatic heterocycles. The summed E-state index contributed by atoms with van der Waals surface area (Å²) in [6.07, 6.45) is 0.830. The molecule has 2 aromatic rings. The second kappa shape index (κ2) is 7.19. The molecule has 0 aliphatic carbocycles. The molecule has 0 aliphatic heterocycles. The molecule has 112 valence electrons. The van der Waals surface area contributed by atoms with Gasteiger partial charge in [-0.25, -0.2) is 4.39 Å². The fraction of sp³-hybridized carbons (Fsp3) is 0.333. The van der Waals surface area contributed by atoms with E-state index < -0.39 is 0 Å². The van der Waals surface area contributed by atoms with Gasteiger partial charge in [-0.2, -0.15) is 0 Å². The average Bonchev–Trinajstić information content (AvgIpc) is 2.48. The van der Waals surface area contributed by atoms with Gasteiger partial charge >= 0.3 is 0 Å². The minimum absolute atomic E-state index is 0.221. The van der Waals surface area contributed by atoms with Crippen molar-refractivity contribution in [3.63, 3.8) is 0 Å². The van der Waals surface area contributed by atoms with E-state index in [1.807, 2.05) is 19.2 Å². The number of hydrogen-bond donors (Lipinski definition) is 1. The normalized spacial score (nSPS) is 12.7. The van der Waals surface area contributed by atoms with Crippen LogP contribution in [0.1, 0.15) is 42.5 Å². The van der Waals surface area contributed by atoms with Gasteiger partial charge in [0.05, 0.1) is 4.47 Å². The van der Waals surface area contributed by atoms with Crippen molar-refractivity contribution in [3.05, 3.63) is 69.4 Å². The molecule has 0 aliphatic rings. The van der Waals surface area contributed by atoms with Crippen molar-refractivity contribution in [2.45, 2.75) is 32.2 Å². The molecule has 0 amide bonds. The Bertz CT molecular complexity index is 593. The predicted molar refractivity (Wildman–Crippen MR) is 90.1 cm³/mol. The first-order valence-corrected chi connectivity index (χ1v) is 8.01. The van der Waals surface area contributed by atoms with Gasteiger partial charge in [-0.3, -0.25) is 0 Å². The third-order valence-electron chi connectivity index (χ3n) is 3.78. The van der Waals surface area contributed by atoms with Crippen LogP contribution in [-0.4, -0.2) is 7.05 Å². The van der Waals surface area contributed by atoms with Gasteiger partial charge in [0, 0.05) is 6.04 Å². The molecule has 0 heterocycles. The molecule has 3 heteroatoms. The standard InChI is InChI=1S/C18H21BrFN/c1-12(2)14-5-7-15(8-6-14)18(21-3)11-13-4-9-17(20)16(19)10-13/h4-10,12,18,21H,11H2,1-3H3. The number of nitrogens with one attached hydrogen (secondary N) is 1. The van der Waals surface area contributed by atoms with Gasteiger partial charge in [0.1, 0.15) is 5.82 Å². The molecule has 0 bridgehead atoms. The van der Waals surface area contributed by atoms with Crippen LogP contribution < -0.4 is 5.32 Å². The minimum atomic E-state index is -0.221. The summed E-state index contributed by atoms with van der Waals surface area (Å²) in [5.74, 6) is 0.321. The number of rotatable bonds is 5. The Kier molecular flexibility index (Phi) is 5.54. The first kappa shape index (κ1) is 16.2. The molecule has 1 atom stereocenters. The van der Waals surface area contributed by atoms with E-state index in [1.54, 1.807) is 0 Å². The van der Waals surface area contributed by atoms with E-state index in [9.17, 15) is 4.39 Å². The van der Waals surface area contributed by atoms with Crippen molar-refractivity contribution in [2.75, 3.05) is 7.05 Å². The maximum absolute atomic E-state index is 13.3. The zero-order valence-corrected chi connectivity index (χ0v) is 14.2. The molecule has 1 N–H and O–H groups in total. The Hall–Kier alpha value is -1.19. The Labute approximate surface area is 134 Å². The topological polar surface area (TPSA) is 12.0 Å². The number of likely N-dealkylation sites (N-methyl/N-ethyl adjacent to an activating group) is 1. The van der Waals surface area contributed by atoms with Crippen molar-refractivity contribution in [2.24, 2.45) is 0 Å². The van der Waals surface area contributed by atoms with Crippen LogP contribution in [0.4, 0.5) is 4.39 Å². The van der Waals surface area contributed by atoms with Gasteiger partial charge in [-0.05, 0) is 64.1 Å². The van der Waals surface area contributed by atoms with E-state index in [1.165, 1.54) is 17.2 Å². The Morgan fingerprint density at radius 1 is 1.05 bits per heavy atom. The minimum Gasteiger partial charge on any atom is -0.313 e. The molecule has 1 unspecified atom stereocenters. The third kappa shape index (κ3) is 4.14. The van der Waals surface area contributed by atoms with Crippen LogP contribution in [0.25, 0.3) is 0 Å². The van der Waals surface area contributed by atoms with Gasteiger partial charge in [0.25, 0.3) is 0 Å². The summed E-state index contributed by atoms with van der Waals surface area (Å²) in [6, 6.07) is 14.1. The van der Waals surface area contributed by atoms with Gasteiger partial charge in [0.15, 0.2) is 0 Å². The smallest absolute Gasteiger partial charge is 0.137 e. The van der Waals surface area contributed by atoms with Crippen LogP contribution in [0, 0.1) is 5.82 Å². The van der Waals surface area contributed by atoms with E-state index in [-0.39, 0.29) is 11.9 Å². The summed E-state index contributed by atoms with van der Waals surface area (Å²) in [5.41, 5.74) is 3.70. The van der Waals surface area contributed by atoms with E-state index in [0.29, 0.717) is 10.4 Å². The van der Waals surface area contributed by atoms with E-state index in [0.717, 1.165) is 12.0 Å². The summed E-state index contributed by atoms with van der Waals surface area (Å²) in [4.78, 5) is 0. The monoisotopic (exact) mass is 349 g/mol. The van der Waals surface area contributed by atoms with Crippen LogP contribution in [0.15, 0.2) is 46.9 Å². The fourth-order valence-electron chi connectivity index (χ4n) is 2.40. The SMILES string of the molecule is CNC(Cc1ccc(F)c(Br)c1)c1ccc(C(C)C)cc1. The van der Waals surface area contributed by atoms with Crippen LogP contribution >= 0.6 is 15.9 Å². The third-order valence-corrected chi connectivity index (χ3v) is 4.39. The van der Waals surface area contributed by atoms with Crippen LogP contribution in [0.5, 0.6) is 0 Å². The zero-order chi connectivity index (χ0) is 15.4. The highest BCUT2D eigenvalue weighted by molar-refractivity contribution is 9.10. The van der Waals surface area contributed by atoms with Crippen molar-refractivity contribution in [1.82, 2.24) is 5.32 Å². The average molecular weight is 350 g/mol. The van der Waals surface area contributed by atoms with E-state index >= 15 is 0 Å². The van der Waals surface area contributed by atoms with Gasteiger partial charge < -0.3 is 5.32 Å². The lowest BCUT2D eigenvalue weighted by Crippen LogP contribution is -2.18. The number of hydrogen-bond acceptors (Lipinski definition) is 1. The molecule has 0 saturated carbocycles. The van der Waals surface area contributed by atoms with Gasteiger partial charge in [-0.15, -0.1) is 0 Å². The quantitative estimate of drug-likeness (QED) is 0.780. The highest BCUT2D eigenvalue weighted by Crippen LogP contribution is 2.24. The molecule has 2 rings (SSSR count). The van der Waals surface area contributed by atoms with Gasteiger partial charge in [-0.1, -0.05) is 44.2 Å². The molecule has 21 heavy (non-hydrogen) atoms. The first-order chi connectivity index (χ1) is 10.0. The number of halogens is 2. The van der Waals surface area contributed by atoms with Gasteiger partial charge in [0.2, 0.25) is 0 Å². The zero-order valence-electron chi connectivity index (χ0n) is 12.7. The molecular weight excluding hydrogens is 329 g/mol. The highest BCUT2D eigenvalue weighted by atomic mass is 79.9. The molecular formula is C18H21BrFN. The Morgan fingerprint density at radius 2 is 1.67 bits per heavy atom. The molecule has 0 saturated heterocycles. The van der Waals surface area contributed by atoms with Crippen molar-refractivity contribution in [1.29, 1.82) is 0 Å². The Balaban J connectivity index is 2.17.